The third kappa shape index (κ3) is 5.92. The van der Waals surface area contributed by atoms with E-state index in [1.54, 1.807) is 0 Å². The SMILES string of the molecule is CSCCC(CNC(C)(C)C)c1ccc(C)cc1. The molecule has 0 saturated carbocycles. The molecule has 1 unspecified atom stereocenters. The Morgan fingerprint density at radius 3 is 2.28 bits per heavy atom. The molecule has 0 bridgehead atoms. The van der Waals surface area contributed by atoms with Crippen molar-refractivity contribution in [1.29, 1.82) is 0 Å². The van der Waals surface area contributed by atoms with Gasteiger partial charge < -0.3 is 5.32 Å². The van der Waals surface area contributed by atoms with Crippen molar-refractivity contribution < 1.29 is 0 Å². The Labute approximate surface area is 117 Å². The number of aryl methyl sites for hydroxylation is 1. The molecule has 0 radical (unpaired) electrons. The van der Waals surface area contributed by atoms with Gasteiger partial charge in [0.15, 0.2) is 0 Å². The zero-order valence-corrected chi connectivity index (χ0v) is 13.2. The molecule has 18 heavy (non-hydrogen) atoms. The molecule has 2 heteroatoms. The molecule has 0 spiro atoms. The van der Waals surface area contributed by atoms with Crippen LogP contribution in [0.25, 0.3) is 0 Å². The van der Waals surface area contributed by atoms with Crippen molar-refractivity contribution in [3.05, 3.63) is 35.4 Å². The topological polar surface area (TPSA) is 12.0 Å². The minimum Gasteiger partial charge on any atom is -0.311 e. The van der Waals surface area contributed by atoms with Crippen molar-refractivity contribution in [2.45, 2.75) is 45.6 Å². The molecule has 1 nitrogen and oxygen atoms in total. The molecule has 0 aliphatic carbocycles. The van der Waals surface area contributed by atoms with Gasteiger partial charge in [-0.2, -0.15) is 11.8 Å². The van der Waals surface area contributed by atoms with Gasteiger partial charge in [0, 0.05) is 12.1 Å². The van der Waals surface area contributed by atoms with Crippen LogP contribution in [0, 0.1) is 6.92 Å². The fourth-order valence-corrected chi connectivity index (χ4v) is 2.43. The third-order valence-electron chi connectivity index (χ3n) is 3.10. The van der Waals surface area contributed by atoms with Gasteiger partial charge >= 0.3 is 0 Å². The van der Waals surface area contributed by atoms with E-state index in [0.29, 0.717) is 5.92 Å². The average Bonchev–Trinajstić information content (AvgIpc) is 2.29. The number of hydrogen-bond donors (Lipinski definition) is 1. The predicted molar refractivity (Wildman–Crippen MR) is 84.7 cm³/mol. The van der Waals surface area contributed by atoms with Gasteiger partial charge in [0.2, 0.25) is 0 Å². The second-order valence-electron chi connectivity index (χ2n) is 6.02. The van der Waals surface area contributed by atoms with E-state index in [2.05, 4.69) is 63.5 Å². The Kier molecular flexibility index (Phi) is 6.24. The number of nitrogens with one attached hydrogen (secondary N) is 1. The first kappa shape index (κ1) is 15.6. The first-order valence-electron chi connectivity index (χ1n) is 6.73. The van der Waals surface area contributed by atoms with Crippen LogP contribution < -0.4 is 5.32 Å². The van der Waals surface area contributed by atoms with E-state index in [0.717, 1.165) is 6.54 Å². The zero-order chi connectivity index (χ0) is 13.6. The lowest BCUT2D eigenvalue weighted by molar-refractivity contribution is 0.403. The number of thioether (sulfide) groups is 1. The maximum absolute atomic E-state index is 3.63. The van der Waals surface area contributed by atoms with Crippen molar-refractivity contribution in [2.75, 3.05) is 18.6 Å². The smallest absolute Gasteiger partial charge is 0.00967 e. The molecule has 0 amide bonds. The van der Waals surface area contributed by atoms with Crippen LogP contribution >= 0.6 is 11.8 Å². The van der Waals surface area contributed by atoms with Gasteiger partial charge in [-0.05, 0) is 57.6 Å². The van der Waals surface area contributed by atoms with Crippen molar-refractivity contribution in [3.63, 3.8) is 0 Å². The van der Waals surface area contributed by atoms with E-state index in [1.165, 1.54) is 23.3 Å². The number of benzene rings is 1. The largest absolute Gasteiger partial charge is 0.311 e. The summed E-state index contributed by atoms with van der Waals surface area (Å²) < 4.78 is 0. The Balaban J connectivity index is 2.68. The molecular formula is C16H27NS. The number of hydrogen-bond acceptors (Lipinski definition) is 2. The van der Waals surface area contributed by atoms with Gasteiger partial charge in [0.25, 0.3) is 0 Å². The maximum Gasteiger partial charge on any atom is 0.00967 e. The maximum atomic E-state index is 3.63. The molecule has 1 N–H and O–H groups in total. The molecule has 0 fully saturated rings. The van der Waals surface area contributed by atoms with E-state index in [1.807, 2.05) is 11.8 Å². The highest BCUT2D eigenvalue weighted by atomic mass is 32.2. The second-order valence-corrected chi connectivity index (χ2v) is 7.01. The van der Waals surface area contributed by atoms with E-state index in [-0.39, 0.29) is 5.54 Å². The van der Waals surface area contributed by atoms with Gasteiger partial charge in [0.05, 0.1) is 0 Å². The minimum atomic E-state index is 0.197. The van der Waals surface area contributed by atoms with Crippen LogP contribution in [0.1, 0.15) is 44.2 Å². The molecule has 0 heterocycles. The summed E-state index contributed by atoms with van der Waals surface area (Å²) in [5.41, 5.74) is 3.00. The van der Waals surface area contributed by atoms with Gasteiger partial charge in [-0.1, -0.05) is 29.8 Å². The molecule has 102 valence electrons. The average molecular weight is 265 g/mol. The van der Waals surface area contributed by atoms with E-state index < -0.39 is 0 Å². The standard InChI is InChI=1S/C16H27NS/c1-13-6-8-14(9-7-13)15(10-11-18-5)12-17-16(2,3)4/h6-9,15,17H,10-12H2,1-5H3. The van der Waals surface area contributed by atoms with Crippen LogP contribution in [0.4, 0.5) is 0 Å². The summed E-state index contributed by atoms with van der Waals surface area (Å²) in [6.07, 6.45) is 3.43. The normalized spacial score (nSPS) is 13.6. The van der Waals surface area contributed by atoms with Gasteiger partial charge in [-0.25, -0.2) is 0 Å². The van der Waals surface area contributed by atoms with Crippen LogP contribution in [0.15, 0.2) is 24.3 Å². The molecule has 1 rings (SSSR count). The molecule has 0 aliphatic rings. The molecular weight excluding hydrogens is 238 g/mol. The van der Waals surface area contributed by atoms with E-state index in [9.17, 15) is 0 Å². The quantitative estimate of drug-likeness (QED) is 0.826. The highest BCUT2D eigenvalue weighted by Gasteiger charge is 2.15. The van der Waals surface area contributed by atoms with E-state index >= 15 is 0 Å². The summed E-state index contributed by atoms with van der Waals surface area (Å²) in [6.45, 7) is 9.90. The van der Waals surface area contributed by atoms with Gasteiger partial charge in [-0.3, -0.25) is 0 Å². The highest BCUT2D eigenvalue weighted by molar-refractivity contribution is 7.98. The lowest BCUT2D eigenvalue weighted by Crippen LogP contribution is -2.38. The van der Waals surface area contributed by atoms with E-state index in [4.69, 9.17) is 0 Å². The molecule has 1 aromatic rings. The van der Waals surface area contributed by atoms with Gasteiger partial charge in [0.1, 0.15) is 0 Å². The molecule has 1 atom stereocenters. The monoisotopic (exact) mass is 265 g/mol. The van der Waals surface area contributed by atoms with Crippen molar-refractivity contribution in [3.8, 4) is 0 Å². The lowest BCUT2D eigenvalue weighted by Gasteiger charge is -2.25. The summed E-state index contributed by atoms with van der Waals surface area (Å²) in [5.74, 6) is 1.85. The van der Waals surface area contributed by atoms with Crippen LogP contribution in [-0.2, 0) is 0 Å². The second kappa shape index (κ2) is 7.20. The van der Waals surface area contributed by atoms with Gasteiger partial charge in [-0.15, -0.1) is 0 Å². The predicted octanol–water partition coefficient (Wildman–Crippen LogP) is 4.22. The summed E-state index contributed by atoms with van der Waals surface area (Å²) in [5, 5.41) is 3.63. The Hall–Kier alpha value is -0.470. The summed E-state index contributed by atoms with van der Waals surface area (Å²) in [6, 6.07) is 9.01. The zero-order valence-electron chi connectivity index (χ0n) is 12.4. The summed E-state index contributed by atoms with van der Waals surface area (Å²) >= 11 is 1.93. The first-order chi connectivity index (χ1) is 8.42. The fraction of sp³-hybridized carbons (Fsp3) is 0.625. The molecule has 0 saturated heterocycles. The fourth-order valence-electron chi connectivity index (χ4n) is 1.91. The first-order valence-corrected chi connectivity index (χ1v) is 8.12. The van der Waals surface area contributed by atoms with Crippen LogP contribution in [-0.4, -0.2) is 24.1 Å². The summed E-state index contributed by atoms with van der Waals surface area (Å²) in [7, 11) is 0. The van der Waals surface area contributed by atoms with Crippen molar-refractivity contribution >= 4 is 11.8 Å². The number of rotatable bonds is 6. The third-order valence-corrected chi connectivity index (χ3v) is 3.74. The summed E-state index contributed by atoms with van der Waals surface area (Å²) in [4.78, 5) is 0. The molecule has 0 aromatic heterocycles. The lowest BCUT2D eigenvalue weighted by atomic mass is 9.94. The van der Waals surface area contributed by atoms with Crippen molar-refractivity contribution in [2.24, 2.45) is 0 Å². The molecule has 1 aromatic carbocycles. The minimum absolute atomic E-state index is 0.197. The Morgan fingerprint density at radius 1 is 1.17 bits per heavy atom. The van der Waals surface area contributed by atoms with Crippen LogP contribution in [0.5, 0.6) is 0 Å². The van der Waals surface area contributed by atoms with Crippen molar-refractivity contribution in [1.82, 2.24) is 5.32 Å². The highest BCUT2D eigenvalue weighted by Crippen LogP contribution is 2.22. The Bertz CT molecular complexity index is 337. The molecule has 0 aliphatic heterocycles. The van der Waals surface area contributed by atoms with Crippen LogP contribution in [0.3, 0.4) is 0 Å². The van der Waals surface area contributed by atoms with Crippen LogP contribution in [0.2, 0.25) is 0 Å². The Morgan fingerprint density at radius 2 is 1.78 bits per heavy atom.